The Bertz CT molecular complexity index is 548. The molecule has 0 fully saturated rings. The van der Waals surface area contributed by atoms with Crippen molar-refractivity contribution in [3.05, 3.63) is 42.6 Å². The molecule has 0 unspecified atom stereocenters. The minimum absolute atomic E-state index is 0.104. The van der Waals surface area contributed by atoms with Gasteiger partial charge in [0.25, 0.3) is 10.0 Å². The first-order valence-corrected chi connectivity index (χ1v) is 7.36. The van der Waals surface area contributed by atoms with Gasteiger partial charge < -0.3 is 0 Å². The van der Waals surface area contributed by atoms with E-state index in [1.165, 1.54) is 6.20 Å². The summed E-state index contributed by atoms with van der Waals surface area (Å²) in [7, 11) is -3.82. The van der Waals surface area contributed by atoms with Gasteiger partial charge in [0, 0.05) is 11.8 Å². The first-order chi connectivity index (χ1) is 8.50. The van der Waals surface area contributed by atoms with E-state index in [0.29, 0.717) is 5.56 Å². The van der Waals surface area contributed by atoms with Crippen LogP contribution >= 0.6 is 0 Å². The van der Waals surface area contributed by atoms with Crippen LogP contribution in [0.25, 0.3) is 5.57 Å². The Kier molecular flexibility index (Phi) is 5.25. The van der Waals surface area contributed by atoms with Crippen molar-refractivity contribution in [1.82, 2.24) is 4.98 Å². The molecule has 0 aromatic carbocycles. The third kappa shape index (κ3) is 3.78. The van der Waals surface area contributed by atoms with Crippen molar-refractivity contribution in [1.29, 1.82) is 0 Å². The SMILES string of the molecule is C=CC(=CCCCC)c1cccnc1S(N)(=O)=O. The summed E-state index contributed by atoms with van der Waals surface area (Å²) in [6.45, 7) is 5.81. The summed E-state index contributed by atoms with van der Waals surface area (Å²) in [5.41, 5.74) is 1.26. The number of pyridine rings is 1. The highest BCUT2D eigenvalue weighted by atomic mass is 32.2. The van der Waals surface area contributed by atoms with Crippen molar-refractivity contribution in [2.24, 2.45) is 5.14 Å². The Morgan fingerprint density at radius 1 is 1.56 bits per heavy atom. The molecule has 0 bridgehead atoms. The van der Waals surface area contributed by atoms with Gasteiger partial charge in [-0.25, -0.2) is 18.5 Å². The number of nitrogens with zero attached hydrogens (tertiary/aromatic N) is 1. The minimum atomic E-state index is -3.82. The molecule has 0 saturated carbocycles. The molecule has 0 aliphatic carbocycles. The lowest BCUT2D eigenvalue weighted by Gasteiger charge is -2.07. The largest absolute Gasteiger partial charge is 0.256 e. The van der Waals surface area contributed by atoms with Crippen LogP contribution in [0.1, 0.15) is 31.7 Å². The van der Waals surface area contributed by atoms with E-state index in [-0.39, 0.29) is 5.03 Å². The number of aromatic nitrogens is 1. The topological polar surface area (TPSA) is 73.0 Å². The van der Waals surface area contributed by atoms with Crippen molar-refractivity contribution in [3.63, 3.8) is 0 Å². The highest BCUT2D eigenvalue weighted by Crippen LogP contribution is 2.22. The number of allylic oxidation sites excluding steroid dienone is 3. The summed E-state index contributed by atoms with van der Waals surface area (Å²) in [6.07, 6.45) is 7.99. The first-order valence-electron chi connectivity index (χ1n) is 5.81. The second-order valence-electron chi connectivity index (χ2n) is 3.91. The van der Waals surface area contributed by atoms with Crippen LogP contribution in [-0.4, -0.2) is 13.4 Å². The quantitative estimate of drug-likeness (QED) is 0.635. The fourth-order valence-electron chi connectivity index (χ4n) is 1.60. The van der Waals surface area contributed by atoms with Crippen LogP contribution in [0.2, 0.25) is 0 Å². The molecule has 0 spiro atoms. The Hall–Kier alpha value is -1.46. The smallest absolute Gasteiger partial charge is 0.243 e. The molecule has 4 nitrogen and oxygen atoms in total. The van der Waals surface area contributed by atoms with Gasteiger partial charge in [-0.3, -0.25) is 0 Å². The molecule has 0 amide bonds. The average molecular weight is 266 g/mol. The maximum absolute atomic E-state index is 11.5. The van der Waals surface area contributed by atoms with Crippen molar-refractivity contribution in [3.8, 4) is 0 Å². The molecule has 0 aliphatic heterocycles. The summed E-state index contributed by atoms with van der Waals surface area (Å²) in [5, 5.41) is 5.05. The van der Waals surface area contributed by atoms with Crippen LogP contribution in [-0.2, 0) is 10.0 Å². The van der Waals surface area contributed by atoms with Gasteiger partial charge >= 0.3 is 0 Å². The maximum Gasteiger partial charge on any atom is 0.256 e. The van der Waals surface area contributed by atoms with Crippen molar-refractivity contribution < 1.29 is 8.42 Å². The van der Waals surface area contributed by atoms with Crippen molar-refractivity contribution >= 4 is 15.6 Å². The third-order valence-electron chi connectivity index (χ3n) is 2.49. The standard InChI is InChI=1S/C13H18N2O2S/c1-3-5-6-8-11(4-2)12-9-7-10-15-13(12)18(14,16)17/h4,7-10H,2-3,5-6H2,1H3,(H2,14,16,17). The number of hydrogen-bond donors (Lipinski definition) is 1. The minimum Gasteiger partial charge on any atom is -0.243 e. The fraction of sp³-hybridized carbons (Fsp3) is 0.308. The van der Waals surface area contributed by atoms with Crippen LogP contribution < -0.4 is 5.14 Å². The van der Waals surface area contributed by atoms with Crippen LogP contribution in [0.15, 0.2) is 42.1 Å². The summed E-state index contributed by atoms with van der Waals surface area (Å²) in [5.74, 6) is 0. The van der Waals surface area contributed by atoms with Gasteiger partial charge in [-0.15, -0.1) is 0 Å². The molecular formula is C13H18N2O2S. The van der Waals surface area contributed by atoms with Gasteiger partial charge in [-0.05, 0) is 24.1 Å². The maximum atomic E-state index is 11.5. The number of hydrogen-bond acceptors (Lipinski definition) is 3. The molecule has 18 heavy (non-hydrogen) atoms. The lowest BCUT2D eigenvalue weighted by Crippen LogP contribution is -2.16. The predicted octanol–water partition coefficient (Wildman–Crippen LogP) is 2.49. The molecule has 98 valence electrons. The zero-order valence-electron chi connectivity index (χ0n) is 10.5. The summed E-state index contributed by atoms with van der Waals surface area (Å²) in [4.78, 5) is 3.85. The molecule has 0 aliphatic rings. The molecule has 2 N–H and O–H groups in total. The van der Waals surface area contributed by atoms with Gasteiger partial charge in [0.15, 0.2) is 5.03 Å². The van der Waals surface area contributed by atoms with E-state index >= 15 is 0 Å². The molecule has 0 radical (unpaired) electrons. The Morgan fingerprint density at radius 3 is 2.83 bits per heavy atom. The number of primary sulfonamides is 1. The summed E-state index contributed by atoms with van der Waals surface area (Å²) in [6, 6.07) is 3.37. The van der Waals surface area contributed by atoms with Gasteiger partial charge in [0.1, 0.15) is 0 Å². The van der Waals surface area contributed by atoms with E-state index < -0.39 is 10.0 Å². The van der Waals surface area contributed by atoms with Crippen LogP contribution in [0.4, 0.5) is 0 Å². The number of rotatable bonds is 6. The number of unbranched alkanes of at least 4 members (excludes halogenated alkanes) is 2. The molecule has 0 saturated heterocycles. The van der Waals surface area contributed by atoms with Gasteiger partial charge in [-0.2, -0.15) is 0 Å². The van der Waals surface area contributed by atoms with Gasteiger partial charge in [0.05, 0.1) is 0 Å². The summed E-state index contributed by atoms with van der Waals surface area (Å²) >= 11 is 0. The Balaban J connectivity index is 3.22. The fourth-order valence-corrected chi connectivity index (χ4v) is 2.30. The Morgan fingerprint density at radius 2 is 2.28 bits per heavy atom. The van der Waals surface area contributed by atoms with E-state index in [4.69, 9.17) is 5.14 Å². The average Bonchev–Trinajstić information content (AvgIpc) is 2.34. The van der Waals surface area contributed by atoms with Crippen LogP contribution in [0.5, 0.6) is 0 Å². The lowest BCUT2D eigenvalue weighted by molar-refractivity contribution is 0.594. The zero-order chi connectivity index (χ0) is 13.6. The molecule has 1 rings (SSSR count). The molecule has 1 aromatic heterocycles. The zero-order valence-corrected chi connectivity index (χ0v) is 11.3. The van der Waals surface area contributed by atoms with Gasteiger partial charge in [-0.1, -0.05) is 38.5 Å². The lowest BCUT2D eigenvalue weighted by atomic mass is 10.1. The third-order valence-corrected chi connectivity index (χ3v) is 3.36. The van der Waals surface area contributed by atoms with Crippen molar-refractivity contribution in [2.45, 2.75) is 31.2 Å². The predicted molar refractivity (Wildman–Crippen MR) is 73.3 cm³/mol. The van der Waals surface area contributed by atoms with Gasteiger partial charge in [0.2, 0.25) is 0 Å². The molecular weight excluding hydrogens is 248 g/mol. The monoisotopic (exact) mass is 266 g/mol. The highest BCUT2D eigenvalue weighted by Gasteiger charge is 2.16. The van der Waals surface area contributed by atoms with E-state index in [1.54, 1.807) is 18.2 Å². The molecule has 1 aromatic rings. The molecule has 5 heteroatoms. The summed E-state index contributed by atoms with van der Waals surface area (Å²) < 4.78 is 22.9. The normalized spacial score (nSPS) is 12.4. The molecule has 1 heterocycles. The van der Waals surface area contributed by atoms with Crippen LogP contribution in [0, 0.1) is 0 Å². The van der Waals surface area contributed by atoms with Crippen molar-refractivity contribution in [2.75, 3.05) is 0 Å². The Labute approximate surface area is 108 Å². The van der Waals surface area contributed by atoms with E-state index in [0.717, 1.165) is 24.8 Å². The van der Waals surface area contributed by atoms with E-state index in [2.05, 4.69) is 18.5 Å². The van der Waals surface area contributed by atoms with Crippen LogP contribution in [0.3, 0.4) is 0 Å². The first kappa shape index (κ1) is 14.6. The van der Waals surface area contributed by atoms with E-state index in [9.17, 15) is 8.42 Å². The molecule has 0 atom stereocenters. The number of sulfonamides is 1. The highest BCUT2D eigenvalue weighted by molar-refractivity contribution is 7.89. The number of nitrogens with two attached hydrogens (primary N) is 1. The van der Waals surface area contributed by atoms with E-state index in [1.807, 2.05) is 6.08 Å². The second-order valence-corrected chi connectivity index (χ2v) is 5.38. The second kappa shape index (κ2) is 6.47.